The third-order valence-electron chi connectivity index (χ3n) is 9.64. The van der Waals surface area contributed by atoms with E-state index in [2.05, 4.69) is 135 Å². The molecule has 0 aliphatic carbocycles. The van der Waals surface area contributed by atoms with Crippen molar-refractivity contribution in [2.24, 2.45) is 0 Å². The minimum absolute atomic E-state index is 0. The summed E-state index contributed by atoms with van der Waals surface area (Å²) in [5.74, 6) is 0. The van der Waals surface area contributed by atoms with Gasteiger partial charge >= 0.3 is 0 Å². The molecule has 0 saturated carbocycles. The maximum Gasteiger partial charge on any atom is 0.0346 e. The summed E-state index contributed by atoms with van der Waals surface area (Å²) in [4.78, 5) is 22.3. The molecule has 0 unspecified atom stereocenters. The van der Waals surface area contributed by atoms with Gasteiger partial charge in [-0.15, -0.1) is 0 Å². The van der Waals surface area contributed by atoms with Crippen LogP contribution in [0.3, 0.4) is 0 Å². The minimum Gasteiger partial charge on any atom is -0.264 e. The van der Waals surface area contributed by atoms with Gasteiger partial charge in [-0.2, -0.15) is 0 Å². The van der Waals surface area contributed by atoms with Gasteiger partial charge in [-0.3, -0.25) is 24.9 Å². The van der Waals surface area contributed by atoms with Gasteiger partial charge in [0.15, 0.2) is 0 Å². The first-order valence-electron chi connectivity index (χ1n) is 17.8. The number of pyridine rings is 5. The zero-order valence-electron chi connectivity index (χ0n) is 29.3. The Labute approximate surface area is 321 Å². The van der Waals surface area contributed by atoms with Gasteiger partial charge in [0.25, 0.3) is 0 Å². The molecule has 0 atom stereocenters. The number of nitrogens with zero attached hydrogens (tertiary/aromatic N) is 5. The highest BCUT2D eigenvalue weighted by molar-refractivity contribution is 5.85. The number of hydrogen-bond acceptors (Lipinski definition) is 5. The van der Waals surface area contributed by atoms with Crippen molar-refractivity contribution in [2.75, 3.05) is 0 Å². The Kier molecular flexibility index (Phi) is 9.91. The first-order valence-corrected chi connectivity index (χ1v) is 17.8. The second kappa shape index (κ2) is 15.7. The zero-order chi connectivity index (χ0) is 36.1. The Bertz CT molecular complexity index is 2400. The number of rotatable bonds is 8. The van der Waals surface area contributed by atoms with Gasteiger partial charge in [0.05, 0.1) is 0 Å². The van der Waals surface area contributed by atoms with Gasteiger partial charge in [-0.1, -0.05) is 68.1 Å². The second-order valence-electron chi connectivity index (χ2n) is 13.2. The van der Waals surface area contributed by atoms with Crippen LogP contribution in [0.5, 0.6) is 0 Å². The predicted octanol–water partition coefficient (Wildman–Crippen LogP) is 12.6. The lowest BCUT2D eigenvalue weighted by atomic mass is 9.92. The molecule has 5 heterocycles. The minimum atomic E-state index is 0. The van der Waals surface area contributed by atoms with E-state index in [9.17, 15) is 0 Å². The monoisotopic (exact) mass is 707 g/mol. The topological polar surface area (TPSA) is 64.5 Å². The van der Waals surface area contributed by atoms with Crippen LogP contribution >= 0.6 is 0 Å². The number of hydrogen-bond donors (Lipinski definition) is 0. The average molecular weight is 708 g/mol. The first-order chi connectivity index (χ1) is 26.7. The Morgan fingerprint density at radius 2 is 0.418 bits per heavy atom. The maximum absolute atomic E-state index is 4.73. The van der Waals surface area contributed by atoms with Crippen LogP contribution in [0.1, 0.15) is 7.43 Å². The Balaban J connectivity index is 0.00000427. The predicted molar refractivity (Wildman–Crippen MR) is 226 cm³/mol. The molecular formula is C50H37N5. The fraction of sp³-hybridized carbons (Fsp3) is 0.0200. The van der Waals surface area contributed by atoms with Crippen molar-refractivity contribution in [3.05, 3.63) is 201 Å². The van der Waals surface area contributed by atoms with Gasteiger partial charge in [-0.05, 0) is 134 Å². The molecule has 0 aliphatic rings. The summed E-state index contributed by atoms with van der Waals surface area (Å²) in [7, 11) is 0. The molecule has 0 spiro atoms. The lowest BCUT2D eigenvalue weighted by Crippen LogP contribution is -1.89. The van der Waals surface area contributed by atoms with Crippen LogP contribution in [0, 0.1) is 0 Å². The highest BCUT2D eigenvalue weighted by Gasteiger charge is 2.12. The molecule has 0 aliphatic heterocycles. The molecule has 0 saturated heterocycles. The summed E-state index contributed by atoms with van der Waals surface area (Å²) in [6, 6.07) is 49.2. The van der Waals surface area contributed by atoms with E-state index >= 15 is 0 Å². The molecule has 5 nitrogen and oxygen atoms in total. The normalized spacial score (nSPS) is 10.8. The summed E-state index contributed by atoms with van der Waals surface area (Å²) in [5.41, 5.74) is 17.4. The highest BCUT2D eigenvalue weighted by Crippen LogP contribution is 2.37. The first kappa shape index (κ1) is 34.7. The van der Waals surface area contributed by atoms with Crippen molar-refractivity contribution < 1.29 is 0 Å². The molecule has 9 rings (SSSR count). The second-order valence-corrected chi connectivity index (χ2v) is 13.2. The molecule has 5 heteroatoms. The molecule has 0 N–H and O–H groups in total. The lowest BCUT2D eigenvalue weighted by molar-refractivity contribution is 1.32. The molecule has 0 amide bonds. The van der Waals surface area contributed by atoms with E-state index in [1.165, 1.54) is 0 Å². The van der Waals surface area contributed by atoms with Gasteiger partial charge < -0.3 is 0 Å². The molecular weight excluding hydrogens is 671 g/mol. The Morgan fingerprint density at radius 3 is 0.709 bits per heavy atom. The van der Waals surface area contributed by atoms with E-state index in [-0.39, 0.29) is 7.43 Å². The molecule has 262 valence electrons. The van der Waals surface area contributed by atoms with E-state index in [0.717, 1.165) is 89.0 Å². The van der Waals surface area contributed by atoms with E-state index < -0.39 is 0 Å². The molecule has 0 bridgehead atoms. The summed E-state index contributed by atoms with van der Waals surface area (Å²) in [5, 5.41) is 0. The van der Waals surface area contributed by atoms with Crippen molar-refractivity contribution in [1.29, 1.82) is 0 Å². The molecule has 5 aromatic heterocycles. The molecule has 9 aromatic rings. The van der Waals surface area contributed by atoms with E-state index in [4.69, 9.17) is 4.98 Å². The summed E-state index contributed by atoms with van der Waals surface area (Å²) in [6.45, 7) is 0. The fourth-order valence-corrected chi connectivity index (χ4v) is 6.90. The lowest BCUT2D eigenvalue weighted by Gasteiger charge is -2.13. The zero-order valence-corrected chi connectivity index (χ0v) is 29.3. The molecule has 55 heavy (non-hydrogen) atoms. The number of benzene rings is 4. The smallest absolute Gasteiger partial charge is 0.0346 e. The van der Waals surface area contributed by atoms with Gasteiger partial charge in [0.1, 0.15) is 0 Å². The van der Waals surface area contributed by atoms with Crippen LogP contribution in [0.4, 0.5) is 0 Å². The van der Waals surface area contributed by atoms with Crippen LogP contribution in [-0.4, -0.2) is 24.9 Å². The van der Waals surface area contributed by atoms with E-state index in [0.29, 0.717) is 0 Å². The Hall–Kier alpha value is -7.37. The fourth-order valence-electron chi connectivity index (χ4n) is 6.90. The van der Waals surface area contributed by atoms with Gasteiger partial charge in [0.2, 0.25) is 0 Å². The van der Waals surface area contributed by atoms with Crippen molar-refractivity contribution >= 4 is 0 Å². The van der Waals surface area contributed by atoms with E-state index in [1.54, 1.807) is 24.8 Å². The maximum atomic E-state index is 4.73. The quantitative estimate of drug-likeness (QED) is 0.157. The van der Waals surface area contributed by atoms with E-state index in [1.807, 2.05) is 61.4 Å². The average Bonchev–Trinajstić information content (AvgIpc) is 3.27. The SMILES string of the molecule is C.c1cncc(-c2cc(-c3cccnc3)cc(-c3cccc(-c4cncc(-c5cccc(-c6cc(-c7cccnc7)cc(-c7cccnc7)c6)c5)c4)c3)c2)c1. The van der Waals surface area contributed by atoms with Crippen LogP contribution < -0.4 is 0 Å². The molecule has 0 radical (unpaired) electrons. The molecule has 4 aromatic carbocycles. The van der Waals surface area contributed by atoms with Gasteiger partial charge in [-0.25, -0.2) is 0 Å². The summed E-state index contributed by atoms with van der Waals surface area (Å²) >= 11 is 0. The summed E-state index contributed by atoms with van der Waals surface area (Å²) < 4.78 is 0. The third-order valence-corrected chi connectivity index (χ3v) is 9.64. The van der Waals surface area contributed by atoms with Crippen LogP contribution in [0.15, 0.2) is 201 Å². The van der Waals surface area contributed by atoms with Gasteiger partial charge in [0, 0.05) is 95.3 Å². The summed E-state index contributed by atoms with van der Waals surface area (Å²) in [6.07, 6.45) is 18.7. The third kappa shape index (κ3) is 7.59. The number of aromatic nitrogens is 5. The van der Waals surface area contributed by atoms with Crippen LogP contribution in [0.25, 0.3) is 89.0 Å². The standard InChI is InChI=1S/C49H33N5.CH4/c1-7-34(42-21-44(38-11-3-15-50-28-38)25-45(22-42)39-12-4-16-51-29-39)19-36(9-1)48-27-49(33-54-32-48)37-10-2-8-35(20-37)43-23-46(40-13-5-17-52-30-40)26-47(24-43)41-14-6-18-53-31-41;/h1-33H;1H4. The van der Waals surface area contributed by atoms with Crippen molar-refractivity contribution in [3.8, 4) is 89.0 Å². The van der Waals surface area contributed by atoms with Crippen molar-refractivity contribution in [1.82, 2.24) is 24.9 Å². The van der Waals surface area contributed by atoms with Crippen molar-refractivity contribution in [3.63, 3.8) is 0 Å². The largest absolute Gasteiger partial charge is 0.264 e. The highest BCUT2D eigenvalue weighted by atomic mass is 14.6. The van der Waals surface area contributed by atoms with Crippen LogP contribution in [0.2, 0.25) is 0 Å². The Morgan fingerprint density at radius 1 is 0.200 bits per heavy atom. The molecule has 0 fully saturated rings. The van der Waals surface area contributed by atoms with Crippen LogP contribution in [-0.2, 0) is 0 Å². The van der Waals surface area contributed by atoms with Crippen molar-refractivity contribution in [2.45, 2.75) is 7.43 Å².